The van der Waals surface area contributed by atoms with Crippen molar-refractivity contribution in [1.82, 2.24) is 0 Å². The molecule has 98 valence electrons. The quantitative estimate of drug-likeness (QED) is 0.827. The summed E-state index contributed by atoms with van der Waals surface area (Å²) in [6.07, 6.45) is 1.99. The van der Waals surface area contributed by atoms with Gasteiger partial charge >= 0.3 is 0 Å². The minimum absolute atomic E-state index is 0. The van der Waals surface area contributed by atoms with Gasteiger partial charge in [-0.3, -0.25) is 0 Å². The van der Waals surface area contributed by atoms with Crippen LogP contribution in [0.4, 0.5) is 5.69 Å². The third-order valence-corrected chi connectivity index (χ3v) is 3.46. The van der Waals surface area contributed by atoms with E-state index in [2.05, 4.69) is 12.1 Å². The van der Waals surface area contributed by atoms with Crippen LogP contribution in [-0.4, -0.2) is 0 Å². The summed E-state index contributed by atoms with van der Waals surface area (Å²) in [6, 6.07) is 16.0. The summed E-state index contributed by atoms with van der Waals surface area (Å²) >= 11 is 6.23. The Morgan fingerprint density at radius 3 is 2.47 bits per heavy atom. The fourth-order valence-electron chi connectivity index (χ4n) is 2.21. The first kappa shape index (κ1) is 14.0. The zero-order valence-electron chi connectivity index (χ0n) is 10.2. The molecule has 0 aliphatic carbocycles. The molecule has 2 N–H and O–H groups in total. The van der Waals surface area contributed by atoms with E-state index in [1.54, 1.807) is 0 Å². The Bertz CT molecular complexity index is 625. The van der Waals surface area contributed by atoms with E-state index in [-0.39, 0.29) is 17.0 Å². The Balaban J connectivity index is 0.00000133. The van der Waals surface area contributed by atoms with Crippen LogP contribution in [0.1, 0.15) is 11.1 Å². The third kappa shape index (κ3) is 2.62. The van der Waals surface area contributed by atoms with Crippen LogP contribution < -0.4 is 27.6 Å². The molecular weight excluding hydrogens is 324 g/mol. The predicted molar refractivity (Wildman–Crippen MR) is 76.2 cm³/mol. The van der Waals surface area contributed by atoms with Crippen LogP contribution in [0.15, 0.2) is 54.4 Å². The maximum absolute atomic E-state index is 6.23. The second-order valence-corrected chi connectivity index (χ2v) is 4.71. The van der Waals surface area contributed by atoms with Crippen LogP contribution in [-0.2, 0) is 6.54 Å². The molecular formula is C15H13BrClN2-. The average Bonchev–Trinajstić information content (AvgIpc) is 2.39. The highest BCUT2D eigenvalue weighted by Crippen LogP contribution is 2.32. The molecule has 0 unspecified atom stereocenters. The molecule has 0 aromatic heterocycles. The molecule has 4 heteroatoms. The number of anilines is 1. The first-order valence-electron chi connectivity index (χ1n) is 5.83. The molecule has 3 rings (SSSR count). The van der Waals surface area contributed by atoms with Gasteiger partial charge in [0.15, 0.2) is 0 Å². The number of nitrogens with two attached hydrogens (primary N) is 1. The van der Waals surface area contributed by atoms with E-state index in [1.807, 2.05) is 47.4 Å². The highest BCUT2D eigenvalue weighted by molar-refractivity contribution is 6.33. The molecule has 0 spiro atoms. The van der Waals surface area contributed by atoms with Gasteiger partial charge in [0.2, 0.25) is 0 Å². The van der Waals surface area contributed by atoms with Crippen molar-refractivity contribution in [3.8, 4) is 0 Å². The van der Waals surface area contributed by atoms with Crippen molar-refractivity contribution in [2.45, 2.75) is 6.54 Å². The molecule has 0 amide bonds. The summed E-state index contributed by atoms with van der Waals surface area (Å²) in [6.45, 7) is 0.752. The lowest BCUT2D eigenvalue weighted by molar-refractivity contribution is -0.00000348. The van der Waals surface area contributed by atoms with Gasteiger partial charge in [-0.1, -0.05) is 48.0 Å². The Kier molecular flexibility index (Phi) is 4.17. The second-order valence-electron chi connectivity index (χ2n) is 4.31. The second kappa shape index (κ2) is 5.68. The molecule has 0 fully saturated rings. The standard InChI is InChI=1S/C15H13ClN2.BrH/c16-13-7-3-4-8-14(13)18-10-12-6-2-1-5-11(12)9-15(18)17;/h1-9H,10,17H2;1H/p-1. The van der Waals surface area contributed by atoms with Crippen LogP contribution in [0.5, 0.6) is 0 Å². The van der Waals surface area contributed by atoms with Gasteiger partial charge in [0, 0.05) is 0 Å². The van der Waals surface area contributed by atoms with Gasteiger partial charge in [0.05, 0.1) is 17.3 Å². The number of fused-ring (bicyclic) bond motifs is 1. The Labute approximate surface area is 128 Å². The topological polar surface area (TPSA) is 29.3 Å². The van der Waals surface area contributed by atoms with Crippen molar-refractivity contribution in [1.29, 1.82) is 0 Å². The highest BCUT2D eigenvalue weighted by atomic mass is 79.9. The summed E-state index contributed by atoms with van der Waals surface area (Å²) in [4.78, 5) is 2.03. The minimum Gasteiger partial charge on any atom is -1.00 e. The number of nitrogens with zero attached hydrogens (tertiary/aromatic N) is 1. The van der Waals surface area contributed by atoms with Crippen LogP contribution in [0, 0.1) is 0 Å². The molecule has 1 aliphatic rings. The molecule has 1 aliphatic heterocycles. The highest BCUT2D eigenvalue weighted by Gasteiger charge is 2.18. The molecule has 0 radical (unpaired) electrons. The van der Waals surface area contributed by atoms with E-state index in [0.29, 0.717) is 5.02 Å². The van der Waals surface area contributed by atoms with Crippen molar-refractivity contribution in [3.63, 3.8) is 0 Å². The average molecular weight is 337 g/mol. The molecule has 2 aromatic carbocycles. The van der Waals surface area contributed by atoms with E-state index in [9.17, 15) is 0 Å². The van der Waals surface area contributed by atoms with E-state index in [0.717, 1.165) is 18.1 Å². The fourth-order valence-corrected chi connectivity index (χ4v) is 2.45. The smallest absolute Gasteiger partial charge is 0.104 e. The Morgan fingerprint density at radius 1 is 1.00 bits per heavy atom. The van der Waals surface area contributed by atoms with Crippen LogP contribution >= 0.6 is 11.6 Å². The summed E-state index contributed by atoms with van der Waals surface area (Å²) in [5.41, 5.74) is 9.50. The molecule has 0 bridgehead atoms. The van der Waals surface area contributed by atoms with E-state index < -0.39 is 0 Å². The van der Waals surface area contributed by atoms with Crippen molar-refractivity contribution in [2.24, 2.45) is 5.73 Å². The number of rotatable bonds is 1. The number of benzene rings is 2. The number of halogens is 2. The Morgan fingerprint density at radius 2 is 1.68 bits per heavy atom. The third-order valence-electron chi connectivity index (χ3n) is 3.14. The van der Waals surface area contributed by atoms with Gasteiger partial charge in [-0.25, -0.2) is 0 Å². The summed E-state index contributed by atoms with van der Waals surface area (Å²) in [7, 11) is 0. The van der Waals surface area contributed by atoms with Gasteiger partial charge < -0.3 is 27.6 Å². The fraction of sp³-hybridized carbons (Fsp3) is 0.0667. The first-order chi connectivity index (χ1) is 8.75. The number of hydrogen-bond donors (Lipinski definition) is 1. The van der Waals surface area contributed by atoms with Gasteiger partial charge in [-0.15, -0.1) is 0 Å². The van der Waals surface area contributed by atoms with Crippen LogP contribution in [0.3, 0.4) is 0 Å². The van der Waals surface area contributed by atoms with Gasteiger partial charge in [-0.2, -0.15) is 0 Å². The summed E-state index contributed by atoms with van der Waals surface area (Å²) in [5.74, 6) is 0.724. The van der Waals surface area contributed by atoms with E-state index in [4.69, 9.17) is 17.3 Å². The van der Waals surface area contributed by atoms with Crippen LogP contribution in [0.25, 0.3) is 6.08 Å². The largest absolute Gasteiger partial charge is 1.00 e. The predicted octanol–water partition coefficient (Wildman–Crippen LogP) is 0.621. The lowest BCUT2D eigenvalue weighted by Gasteiger charge is -2.30. The van der Waals surface area contributed by atoms with Crippen molar-refractivity contribution >= 4 is 23.4 Å². The van der Waals surface area contributed by atoms with Crippen molar-refractivity contribution in [2.75, 3.05) is 4.90 Å². The maximum atomic E-state index is 6.23. The van der Waals surface area contributed by atoms with Gasteiger partial charge in [-0.05, 0) is 29.3 Å². The minimum atomic E-state index is 0. The summed E-state index contributed by atoms with van der Waals surface area (Å²) in [5, 5.41) is 0.716. The molecule has 19 heavy (non-hydrogen) atoms. The van der Waals surface area contributed by atoms with Crippen LogP contribution in [0.2, 0.25) is 5.02 Å². The SMILES string of the molecule is NC1=Cc2ccccc2CN1c1ccccc1Cl.[Br-]. The number of para-hydroxylation sites is 1. The normalized spacial score (nSPS) is 13.3. The first-order valence-corrected chi connectivity index (χ1v) is 6.20. The lowest BCUT2D eigenvalue weighted by atomic mass is 10.0. The molecule has 2 aromatic rings. The lowest BCUT2D eigenvalue weighted by Crippen LogP contribution is -3.00. The number of hydrogen-bond acceptors (Lipinski definition) is 2. The van der Waals surface area contributed by atoms with Gasteiger partial charge in [0.1, 0.15) is 5.82 Å². The van der Waals surface area contributed by atoms with E-state index in [1.165, 1.54) is 11.1 Å². The molecule has 0 saturated heterocycles. The molecule has 0 saturated carbocycles. The maximum Gasteiger partial charge on any atom is 0.104 e. The summed E-state index contributed by atoms with van der Waals surface area (Å²) < 4.78 is 0. The molecule has 0 atom stereocenters. The van der Waals surface area contributed by atoms with Crippen molar-refractivity contribution < 1.29 is 17.0 Å². The Hall–Kier alpha value is -1.45. The monoisotopic (exact) mass is 335 g/mol. The molecule has 2 nitrogen and oxygen atoms in total. The molecule has 1 heterocycles. The van der Waals surface area contributed by atoms with E-state index >= 15 is 0 Å². The van der Waals surface area contributed by atoms with Crippen molar-refractivity contribution in [3.05, 3.63) is 70.5 Å². The zero-order valence-corrected chi connectivity index (χ0v) is 12.5. The zero-order chi connectivity index (χ0) is 12.5. The van der Waals surface area contributed by atoms with Gasteiger partial charge in [0.25, 0.3) is 0 Å².